The molecular formula is C11H14BClO2. The van der Waals surface area contributed by atoms with E-state index in [9.17, 15) is 0 Å². The molecule has 1 aromatic carbocycles. The van der Waals surface area contributed by atoms with E-state index in [1.165, 1.54) is 0 Å². The Morgan fingerprint density at radius 3 is 2.53 bits per heavy atom. The molecule has 1 heterocycles. The number of hydrogen-bond acceptors (Lipinski definition) is 2. The third kappa shape index (κ3) is 2.74. The Hall–Kier alpha value is -0.505. The van der Waals surface area contributed by atoms with Crippen molar-refractivity contribution in [1.29, 1.82) is 0 Å². The number of rotatable bonds is 1. The van der Waals surface area contributed by atoms with Gasteiger partial charge in [-0.3, -0.25) is 0 Å². The van der Waals surface area contributed by atoms with Gasteiger partial charge in [0.15, 0.2) is 0 Å². The van der Waals surface area contributed by atoms with Gasteiger partial charge in [0.2, 0.25) is 0 Å². The summed E-state index contributed by atoms with van der Waals surface area (Å²) in [5, 5.41) is 0.713. The van der Waals surface area contributed by atoms with E-state index in [1.807, 2.05) is 24.3 Å². The average molecular weight is 224 g/mol. The van der Waals surface area contributed by atoms with E-state index in [-0.39, 0.29) is 12.5 Å². The molecule has 0 N–H and O–H groups in total. The molecule has 0 atom stereocenters. The van der Waals surface area contributed by atoms with Crippen LogP contribution in [-0.2, 0) is 9.31 Å². The van der Waals surface area contributed by atoms with Gasteiger partial charge in [0.1, 0.15) is 0 Å². The molecule has 2 nitrogen and oxygen atoms in total. The van der Waals surface area contributed by atoms with Crippen molar-refractivity contribution >= 4 is 24.2 Å². The van der Waals surface area contributed by atoms with Crippen molar-refractivity contribution in [3.8, 4) is 0 Å². The summed E-state index contributed by atoms with van der Waals surface area (Å²) in [7, 11) is -0.267. The number of halogens is 1. The average Bonchev–Trinajstić information content (AvgIpc) is 2.17. The van der Waals surface area contributed by atoms with E-state index in [1.54, 1.807) is 0 Å². The molecule has 1 aromatic rings. The first-order valence-corrected chi connectivity index (χ1v) is 5.43. The van der Waals surface area contributed by atoms with Crippen LogP contribution in [0.15, 0.2) is 24.3 Å². The van der Waals surface area contributed by atoms with Crippen molar-refractivity contribution < 1.29 is 9.31 Å². The molecular weight excluding hydrogens is 210 g/mol. The Labute approximate surface area is 95.7 Å². The molecule has 2 rings (SSSR count). The fourth-order valence-corrected chi connectivity index (χ4v) is 1.74. The van der Waals surface area contributed by atoms with Gasteiger partial charge in [0.05, 0.1) is 0 Å². The Morgan fingerprint density at radius 2 is 1.93 bits per heavy atom. The molecule has 0 unspecified atom stereocenters. The lowest BCUT2D eigenvalue weighted by Gasteiger charge is -2.33. The number of benzene rings is 1. The minimum atomic E-state index is -0.267. The predicted molar refractivity (Wildman–Crippen MR) is 62.5 cm³/mol. The molecule has 0 aromatic heterocycles. The Morgan fingerprint density at radius 1 is 1.27 bits per heavy atom. The van der Waals surface area contributed by atoms with Crippen molar-refractivity contribution in [2.75, 3.05) is 13.2 Å². The van der Waals surface area contributed by atoms with Gasteiger partial charge in [0, 0.05) is 23.7 Å². The van der Waals surface area contributed by atoms with Crippen LogP contribution in [0, 0.1) is 5.41 Å². The molecule has 1 aliphatic heterocycles. The third-order valence-corrected chi connectivity index (χ3v) is 2.61. The maximum atomic E-state index is 5.91. The second-order valence-electron chi connectivity index (χ2n) is 4.67. The van der Waals surface area contributed by atoms with Crippen LogP contribution in [0.25, 0.3) is 0 Å². The lowest BCUT2D eigenvalue weighted by atomic mass is 9.76. The van der Waals surface area contributed by atoms with Crippen molar-refractivity contribution in [1.82, 2.24) is 0 Å². The molecule has 4 heteroatoms. The zero-order valence-electron chi connectivity index (χ0n) is 9.00. The molecule has 80 valence electrons. The largest absolute Gasteiger partial charge is 0.493 e. The normalized spacial score (nSPS) is 20.3. The molecule has 1 aliphatic rings. The maximum Gasteiger partial charge on any atom is 0.493 e. The van der Waals surface area contributed by atoms with Crippen LogP contribution >= 0.6 is 11.6 Å². The standard InChI is InChI=1S/C11H14BClO2/c1-11(2)7-14-12(15-8-11)9-4-3-5-10(13)6-9/h3-6H,7-8H2,1-2H3. The van der Waals surface area contributed by atoms with E-state index < -0.39 is 0 Å². The number of hydrogen-bond donors (Lipinski definition) is 0. The smallest absolute Gasteiger partial charge is 0.407 e. The first-order valence-electron chi connectivity index (χ1n) is 5.05. The molecule has 15 heavy (non-hydrogen) atoms. The molecule has 0 saturated carbocycles. The maximum absolute atomic E-state index is 5.91. The lowest BCUT2D eigenvalue weighted by molar-refractivity contribution is 0.0343. The van der Waals surface area contributed by atoms with E-state index in [2.05, 4.69) is 13.8 Å². The highest BCUT2D eigenvalue weighted by molar-refractivity contribution is 6.61. The second-order valence-corrected chi connectivity index (χ2v) is 5.11. The van der Waals surface area contributed by atoms with Crippen LogP contribution in [0.2, 0.25) is 5.02 Å². The summed E-state index contributed by atoms with van der Waals surface area (Å²) < 4.78 is 11.3. The molecule has 1 saturated heterocycles. The minimum absolute atomic E-state index is 0.106. The van der Waals surface area contributed by atoms with Crippen molar-refractivity contribution in [2.24, 2.45) is 5.41 Å². The monoisotopic (exact) mass is 224 g/mol. The van der Waals surface area contributed by atoms with E-state index in [0.717, 1.165) is 5.46 Å². The first kappa shape index (κ1) is 11.0. The van der Waals surface area contributed by atoms with Gasteiger partial charge in [-0.25, -0.2) is 0 Å². The quantitative estimate of drug-likeness (QED) is 0.680. The SMILES string of the molecule is CC1(C)COB(c2cccc(Cl)c2)OC1. The van der Waals surface area contributed by atoms with Crippen molar-refractivity contribution in [3.63, 3.8) is 0 Å². The van der Waals surface area contributed by atoms with Gasteiger partial charge in [-0.1, -0.05) is 37.6 Å². The van der Waals surface area contributed by atoms with Crippen LogP contribution in [0.1, 0.15) is 13.8 Å². The highest BCUT2D eigenvalue weighted by atomic mass is 35.5. The zero-order chi connectivity index (χ0) is 10.9. The van der Waals surface area contributed by atoms with E-state index in [4.69, 9.17) is 20.9 Å². The summed E-state index contributed by atoms with van der Waals surface area (Å²) in [6.07, 6.45) is 0. The fraction of sp³-hybridized carbons (Fsp3) is 0.455. The second kappa shape index (κ2) is 4.16. The Balaban J connectivity index is 2.08. The fourth-order valence-electron chi connectivity index (χ4n) is 1.54. The summed E-state index contributed by atoms with van der Waals surface area (Å²) in [5.41, 5.74) is 1.09. The lowest BCUT2D eigenvalue weighted by Crippen LogP contribution is -2.47. The Bertz CT molecular complexity index is 344. The highest BCUT2D eigenvalue weighted by Crippen LogP contribution is 2.21. The summed E-state index contributed by atoms with van der Waals surface area (Å²) >= 11 is 5.91. The highest BCUT2D eigenvalue weighted by Gasteiger charge is 2.33. The van der Waals surface area contributed by atoms with Crippen LogP contribution < -0.4 is 5.46 Å². The first-order chi connectivity index (χ1) is 7.07. The molecule has 0 amide bonds. The molecule has 1 fully saturated rings. The molecule has 0 bridgehead atoms. The van der Waals surface area contributed by atoms with Crippen LogP contribution in [0.4, 0.5) is 0 Å². The summed E-state index contributed by atoms with van der Waals surface area (Å²) in [6, 6.07) is 7.60. The summed E-state index contributed by atoms with van der Waals surface area (Å²) in [4.78, 5) is 0. The van der Waals surface area contributed by atoms with Crippen molar-refractivity contribution in [3.05, 3.63) is 29.3 Å². The topological polar surface area (TPSA) is 18.5 Å². The van der Waals surface area contributed by atoms with Gasteiger partial charge in [-0.05, 0) is 17.6 Å². The predicted octanol–water partition coefficient (Wildman–Crippen LogP) is 2.11. The van der Waals surface area contributed by atoms with Crippen LogP contribution in [-0.4, -0.2) is 20.3 Å². The van der Waals surface area contributed by atoms with Gasteiger partial charge in [-0.2, -0.15) is 0 Å². The van der Waals surface area contributed by atoms with Crippen LogP contribution in [0.3, 0.4) is 0 Å². The van der Waals surface area contributed by atoms with E-state index >= 15 is 0 Å². The van der Waals surface area contributed by atoms with E-state index in [0.29, 0.717) is 18.2 Å². The minimum Gasteiger partial charge on any atom is -0.407 e. The molecule has 0 radical (unpaired) electrons. The Kier molecular flexibility index (Phi) is 3.05. The van der Waals surface area contributed by atoms with Crippen LogP contribution in [0.5, 0.6) is 0 Å². The molecule has 0 spiro atoms. The zero-order valence-corrected chi connectivity index (χ0v) is 9.75. The van der Waals surface area contributed by atoms with Gasteiger partial charge in [0.25, 0.3) is 0 Å². The van der Waals surface area contributed by atoms with Crippen molar-refractivity contribution in [2.45, 2.75) is 13.8 Å². The summed E-state index contributed by atoms with van der Waals surface area (Å²) in [5.74, 6) is 0. The molecule has 0 aliphatic carbocycles. The van der Waals surface area contributed by atoms with Gasteiger partial charge >= 0.3 is 7.12 Å². The van der Waals surface area contributed by atoms with Gasteiger partial charge in [-0.15, -0.1) is 0 Å². The van der Waals surface area contributed by atoms with Gasteiger partial charge < -0.3 is 9.31 Å². The summed E-state index contributed by atoms with van der Waals surface area (Å²) in [6.45, 7) is 5.68. The third-order valence-electron chi connectivity index (χ3n) is 2.37.